The Morgan fingerprint density at radius 2 is 1.53 bits per heavy atom. The maximum atomic E-state index is 13.5. The fourth-order valence-electron chi connectivity index (χ4n) is 3.80. The number of hydrogen-bond acceptors (Lipinski definition) is 3. The first-order valence-electron chi connectivity index (χ1n) is 10.00. The van der Waals surface area contributed by atoms with Gasteiger partial charge in [0.25, 0.3) is 5.91 Å². The van der Waals surface area contributed by atoms with Crippen molar-refractivity contribution in [1.82, 2.24) is 0 Å². The molecule has 4 rings (SSSR count). The summed E-state index contributed by atoms with van der Waals surface area (Å²) in [6.07, 6.45) is -1.31. The highest BCUT2D eigenvalue weighted by Crippen LogP contribution is 2.39. The Morgan fingerprint density at radius 3 is 2.23 bits per heavy atom. The molecule has 0 unspecified atom stereocenters. The van der Waals surface area contributed by atoms with Crippen molar-refractivity contribution < 1.29 is 19.4 Å². The molecule has 0 aliphatic carbocycles. The van der Waals surface area contributed by atoms with Crippen LogP contribution in [-0.2, 0) is 20.9 Å². The van der Waals surface area contributed by atoms with Gasteiger partial charge in [-0.05, 0) is 23.6 Å². The lowest BCUT2D eigenvalue weighted by atomic mass is 9.99. The lowest BCUT2D eigenvalue weighted by Crippen LogP contribution is -2.39. The van der Waals surface area contributed by atoms with E-state index in [1.165, 1.54) is 0 Å². The maximum absolute atomic E-state index is 13.5. The zero-order valence-electron chi connectivity index (χ0n) is 16.5. The van der Waals surface area contributed by atoms with E-state index in [-0.39, 0.29) is 18.7 Å². The fourth-order valence-corrected chi connectivity index (χ4v) is 3.80. The molecule has 1 N–H and O–H groups in total. The second-order valence-corrected chi connectivity index (χ2v) is 7.32. The van der Waals surface area contributed by atoms with Gasteiger partial charge >= 0.3 is 5.97 Å². The Kier molecular flexibility index (Phi) is 5.91. The second kappa shape index (κ2) is 8.93. The zero-order chi connectivity index (χ0) is 20.9. The molecule has 0 saturated heterocycles. The van der Waals surface area contributed by atoms with Gasteiger partial charge in [0.05, 0.1) is 12.2 Å². The van der Waals surface area contributed by atoms with Crippen LogP contribution < -0.4 is 4.90 Å². The number of aliphatic carboxylic acids is 1. The van der Waals surface area contributed by atoms with E-state index in [1.807, 2.05) is 84.9 Å². The lowest BCUT2D eigenvalue weighted by molar-refractivity contribution is -0.139. The normalized spacial score (nSPS) is 18.5. The van der Waals surface area contributed by atoms with Crippen molar-refractivity contribution in [1.29, 1.82) is 0 Å². The van der Waals surface area contributed by atoms with Crippen molar-refractivity contribution in [3.63, 3.8) is 0 Å². The Hall–Kier alpha value is -3.44. The smallest absolute Gasteiger partial charge is 0.303 e. The van der Waals surface area contributed by atoms with Gasteiger partial charge in [0, 0.05) is 12.0 Å². The van der Waals surface area contributed by atoms with Crippen LogP contribution in [0.2, 0.25) is 0 Å². The van der Waals surface area contributed by atoms with E-state index in [4.69, 9.17) is 4.74 Å². The number of anilines is 1. The summed E-state index contributed by atoms with van der Waals surface area (Å²) in [5.74, 6) is -1.16. The van der Waals surface area contributed by atoms with E-state index in [0.717, 1.165) is 22.4 Å². The molecule has 3 aromatic rings. The van der Waals surface area contributed by atoms with Gasteiger partial charge in [0.1, 0.15) is 12.2 Å². The van der Waals surface area contributed by atoms with E-state index >= 15 is 0 Å². The predicted molar refractivity (Wildman–Crippen MR) is 114 cm³/mol. The number of carboxylic acid groups (broad SMARTS) is 1. The number of rotatable bonds is 6. The Bertz CT molecular complexity index is 1020. The molecule has 0 aromatic heterocycles. The van der Waals surface area contributed by atoms with Crippen molar-refractivity contribution in [3.05, 3.63) is 102 Å². The van der Waals surface area contributed by atoms with Crippen molar-refractivity contribution in [2.75, 3.05) is 4.90 Å². The van der Waals surface area contributed by atoms with Gasteiger partial charge in [-0.25, -0.2) is 0 Å². The zero-order valence-corrected chi connectivity index (χ0v) is 16.5. The first kappa shape index (κ1) is 19.9. The average molecular weight is 401 g/mol. The molecule has 0 radical (unpaired) electrons. The van der Waals surface area contributed by atoms with E-state index < -0.39 is 18.2 Å². The highest BCUT2D eigenvalue weighted by molar-refractivity contribution is 5.98. The topological polar surface area (TPSA) is 66.8 Å². The Morgan fingerprint density at radius 1 is 0.900 bits per heavy atom. The minimum Gasteiger partial charge on any atom is -0.481 e. The van der Waals surface area contributed by atoms with Crippen LogP contribution in [0.1, 0.15) is 35.6 Å². The van der Waals surface area contributed by atoms with Crippen molar-refractivity contribution in [2.45, 2.75) is 31.6 Å². The van der Waals surface area contributed by atoms with Gasteiger partial charge in [-0.1, -0.05) is 78.9 Å². The van der Waals surface area contributed by atoms with Crippen LogP contribution in [0.25, 0.3) is 0 Å². The third-order valence-corrected chi connectivity index (χ3v) is 5.26. The Labute approximate surface area is 175 Å². The van der Waals surface area contributed by atoms with Gasteiger partial charge in [0.15, 0.2) is 0 Å². The van der Waals surface area contributed by atoms with Gasteiger partial charge in [-0.2, -0.15) is 0 Å². The van der Waals surface area contributed by atoms with Crippen LogP contribution >= 0.6 is 0 Å². The van der Waals surface area contributed by atoms with Crippen molar-refractivity contribution in [3.8, 4) is 0 Å². The van der Waals surface area contributed by atoms with Gasteiger partial charge < -0.3 is 14.7 Å². The summed E-state index contributed by atoms with van der Waals surface area (Å²) in [4.78, 5) is 26.4. The number of carbonyl (C=O) groups excluding carboxylic acids is 1. The molecule has 1 amide bonds. The summed E-state index contributed by atoms with van der Waals surface area (Å²) >= 11 is 0. The molecular weight excluding hydrogens is 378 g/mol. The van der Waals surface area contributed by atoms with Gasteiger partial charge in [0.2, 0.25) is 0 Å². The van der Waals surface area contributed by atoms with Crippen molar-refractivity contribution in [2.24, 2.45) is 0 Å². The predicted octanol–water partition coefficient (Wildman–Crippen LogP) is 4.57. The summed E-state index contributed by atoms with van der Waals surface area (Å²) in [5, 5.41) is 9.18. The van der Waals surface area contributed by atoms with Crippen LogP contribution in [-0.4, -0.2) is 23.1 Å². The van der Waals surface area contributed by atoms with E-state index in [9.17, 15) is 14.7 Å². The third kappa shape index (κ3) is 4.26. The first-order chi connectivity index (χ1) is 14.6. The Balaban J connectivity index is 1.79. The molecule has 0 spiro atoms. The number of para-hydroxylation sites is 1. The molecule has 1 aliphatic rings. The number of carbonyl (C=O) groups is 2. The molecule has 2 atom stereocenters. The first-order valence-corrected chi connectivity index (χ1v) is 10.00. The average Bonchev–Trinajstić information content (AvgIpc) is 2.89. The standard InChI is InChI=1S/C25H23NO4/c27-23(28)16-15-22-25(29)26(17-18-9-3-1-4-10-18)21-14-8-7-13-20(21)24(30-22)19-11-5-2-6-12-19/h1-14,22,24H,15-17H2,(H,27,28)/t22-,24-/m0/s1. The second-order valence-electron chi connectivity index (χ2n) is 7.32. The number of ether oxygens (including phenoxy) is 1. The monoisotopic (exact) mass is 401 g/mol. The third-order valence-electron chi connectivity index (χ3n) is 5.26. The number of amides is 1. The van der Waals surface area contributed by atoms with Crippen LogP contribution in [0.15, 0.2) is 84.9 Å². The number of nitrogens with zero attached hydrogens (tertiary/aromatic N) is 1. The maximum Gasteiger partial charge on any atom is 0.303 e. The molecule has 5 nitrogen and oxygen atoms in total. The molecule has 1 heterocycles. The quantitative estimate of drug-likeness (QED) is 0.657. The number of hydrogen-bond donors (Lipinski definition) is 1. The number of benzene rings is 3. The largest absolute Gasteiger partial charge is 0.481 e. The van der Waals surface area contributed by atoms with E-state index in [0.29, 0.717) is 6.54 Å². The lowest BCUT2D eigenvalue weighted by Gasteiger charge is -2.25. The van der Waals surface area contributed by atoms with Crippen LogP contribution in [0.5, 0.6) is 0 Å². The minimum absolute atomic E-state index is 0.122. The van der Waals surface area contributed by atoms with Gasteiger partial charge in [-0.15, -0.1) is 0 Å². The molecule has 1 aliphatic heterocycles. The van der Waals surface area contributed by atoms with Crippen LogP contribution in [0.3, 0.4) is 0 Å². The molecule has 152 valence electrons. The molecule has 0 bridgehead atoms. The molecule has 3 aromatic carbocycles. The van der Waals surface area contributed by atoms with Gasteiger partial charge in [-0.3, -0.25) is 9.59 Å². The van der Waals surface area contributed by atoms with Crippen molar-refractivity contribution >= 4 is 17.6 Å². The van der Waals surface area contributed by atoms with Crippen LogP contribution in [0, 0.1) is 0 Å². The van der Waals surface area contributed by atoms with E-state index in [2.05, 4.69) is 0 Å². The fraction of sp³-hybridized carbons (Fsp3) is 0.200. The molecule has 5 heteroatoms. The summed E-state index contributed by atoms with van der Waals surface area (Å²) < 4.78 is 6.30. The minimum atomic E-state index is -0.945. The molecule has 0 fully saturated rings. The summed E-state index contributed by atoms with van der Waals surface area (Å²) in [6, 6.07) is 27.2. The number of fused-ring (bicyclic) bond motifs is 1. The SMILES string of the molecule is O=C(O)CC[C@@H]1O[C@@H](c2ccccc2)c2ccccc2N(Cc2ccccc2)C1=O. The highest BCUT2D eigenvalue weighted by Gasteiger charge is 2.36. The van der Waals surface area contributed by atoms with Crippen LogP contribution in [0.4, 0.5) is 5.69 Å². The summed E-state index contributed by atoms with van der Waals surface area (Å²) in [6.45, 7) is 0.394. The number of carboxylic acids is 1. The molecular formula is C25H23NO4. The highest BCUT2D eigenvalue weighted by atomic mass is 16.5. The molecule has 0 saturated carbocycles. The summed E-state index contributed by atoms with van der Waals surface area (Å²) in [7, 11) is 0. The van der Waals surface area contributed by atoms with E-state index in [1.54, 1.807) is 4.90 Å². The molecule has 30 heavy (non-hydrogen) atoms. The summed E-state index contributed by atoms with van der Waals surface area (Å²) in [5.41, 5.74) is 3.61.